The van der Waals surface area contributed by atoms with Gasteiger partial charge in [-0.2, -0.15) is 0 Å². The third kappa shape index (κ3) is 7.15. The van der Waals surface area contributed by atoms with Crippen LogP contribution in [0.25, 0.3) is 0 Å². The summed E-state index contributed by atoms with van der Waals surface area (Å²) in [6.07, 6.45) is 0.986. The monoisotopic (exact) mass is 533 g/mol. The minimum Gasteiger partial charge on any atom is -0.457 e. The van der Waals surface area contributed by atoms with Crippen LogP contribution in [0.2, 0.25) is 0 Å². The maximum atomic E-state index is 13.0. The molecule has 36 heavy (non-hydrogen) atoms. The van der Waals surface area contributed by atoms with Gasteiger partial charge in [0.1, 0.15) is 24.1 Å². The van der Waals surface area contributed by atoms with Crippen LogP contribution in [0.15, 0.2) is 49.1 Å². The highest BCUT2D eigenvalue weighted by atomic mass is 32.1. The molecule has 13 heteroatoms. The van der Waals surface area contributed by atoms with Crippen LogP contribution in [-0.2, 0) is 25.7 Å². The molecule has 2 atom stereocenters. The number of amides is 2. The molecular weight excluding hydrogens is 510 g/mol. The lowest BCUT2D eigenvalue weighted by Gasteiger charge is -2.23. The van der Waals surface area contributed by atoms with Crippen molar-refractivity contribution in [1.82, 2.24) is 4.90 Å². The van der Waals surface area contributed by atoms with Crippen LogP contribution in [0, 0.1) is 16.0 Å². The van der Waals surface area contributed by atoms with Crippen LogP contribution < -0.4 is 5.32 Å². The fraction of sp³-hybridized carbons (Fsp3) is 0.304. The van der Waals surface area contributed by atoms with Gasteiger partial charge in [0.05, 0.1) is 9.92 Å². The largest absolute Gasteiger partial charge is 0.457 e. The van der Waals surface area contributed by atoms with Gasteiger partial charge in [0.2, 0.25) is 5.91 Å². The number of rotatable bonds is 10. The summed E-state index contributed by atoms with van der Waals surface area (Å²) in [4.78, 5) is 61.1. The Morgan fingerprint density at radius 1 is 1.19 bits per heavy atom. The summed E-state index contributed by atoms with van der Waals surface area (Å²) in [5.41, 5.74) is 0.442. The molecule has 0 spiro atoms. The summed E-state index contributed by atoms with van der Waals surface area (Å²) in [5.74, 6) is -1.33. The average molecular weight is 534 g/mol. The van der Waals surface area contributed by atoms with E-state index in [0.29, 0.717) is 10.6 Å². The van der Waals surface area contributed by atoms with E-state index in [4.69, 9.17) is 9.47 Å². The number of nitro groups is 1. The molecule has 1 aromatic heterocycles. The maximum absolute atomic E-state index is 13.0. The van der Waals surface area contributed by atoms with Gasteiger partial charge in [0.25, 0.3) is 5.69 Å². The summed E-state index contributed by atoms with van der Waals surface area (Å²) in [6.45, 7) is 3.50. The number of ether oxygens (including phenoxy) is 2. The number of hydrogen-bond donors (Lipinski definition) is 2. The number of nitrogens with zero attached hydrogens (tertiary/aromatic N) is 2. The predicted molar refractivity (Wildman–Crippen MR) is 134 cm³/mol. The number of anilines is 1. The van der Waals surface area contributed by atoms with E-state index in [1.165, 1.54) is 41.3 Å². The van der Waals surface area contributed by atoms with Crippen LogP contribution in [0.1, 0.15) is 28.1 Å². The molecule has 2 aromatic rings. The van der Waals surface area contributed by atoms with Crippen molar-refractivity contribution in [1.29, 1.82) is 0 Å². The van der Waals surface area contributed by atoms with E-state index in [9.17, 15) is 29.3 Å². The highest BCUT2D eigenvalue weighted by molar-refractivity contribution is 7.96. The van der Waals surface area contributed by atoms with E-state index in [1.54, 1.807) is 6.07 Å². The molecule has 1 saturated heterocycles. The zero-order chi connectivity index (χ0) is 26.2. The lowest BCUT2D eigenvalue weighted by atomic mass is 10.0. The Hall–Kier alpha value is -3.71. The molecule has 190 valence electrons. The van der Waals surface area contributed by atoms with Crippen LogP contribution in [0.3, 0.4) is 0 Å². The molecule has 0 aliphatic carbocycles. The molecule has 2 heterocycles. The first-order valence-electron chi connectivity index (χ1n) is 10.7. The second-order valence-corrected chi connectivity index (χ2v) is 9.47. The number of non-ortho nitro benzene ring substituents is 1. The fourth-order valence-electron chi connectivity index (χ4n) is 3.64. The molecular formula is C23H23N3O8S2. The minimum atomic E-state index is -0.912. The normalized spacial score (nSPS) is 16.8. The molecule has 0 saturated carbocycles. The molecule has 0 unspecified atom stereocenters. The van der Waals surface area contributed by atoms with Crippen molar-refractivity contribution >= 4 is 57.7 Å². The molecule has 2 amide bonds. The number of benzene rings is 1. The van der Waals surface area contributed by atoms with Gasteiger partial charge in [-0.25, -0.2) is 9.59 Å². The smallest absolute Gasteiger partial charge is 0.410 e. The van der Waals surface area contributed by atoms with Gasteiger partial charge in [-0.1, -0.05) is 12.7 Å². The van der Waals surface area contributed by atoms with Gasteiger partial charge in [-0.3, -0.25) is 24.6 Å². The second kappa shape index (κ2) is 12.3. The number of hydrogen-bond acceptors (Lipinski definition) is 9. The molecule has 1 fully saturated rings. The Balaban J connectivity index is 1.66. The van der Waals surface area contributed by atoms with Crippen LogP contribution in [0.5, 0.6) is 0 Å². The van der Waals surface area contributed by atoms with E-state index >= 15 is 0 Å². The van der Waals surface area contributed by atoms with Crippen molar-refractivity contribution in [3.8, 4) is 0 Å². The van der Waals surface area contributed by atoms with Crippen LogP contribution in [-0.4, -0.2) is 52.1 Å². The first kappa shape index (κ1) is 26.9. The third-order valence-corrected chi connectivity index (χ3v) is 6.45. The molecule has 1 aliphatic rings. The number of likely N-dealkylation sites (tertiary alicyclic amines) is 1. The van der Waals surface area contributed by atoms with E-state index in [0.717, 1.165) is 11.3 Å². The van der Waals surface area contributed by atoms with Crippen molar-refractivity contribution in [2.24, 2.45) is 5.92 Å². The number of carbonyl (C=O) groups is 4. The Morgan fingerprint density at radius 2 is 1.92 bits per heavy atom. The summed E-state index contributed by atoms with van der Waals surface area (Å²) < 4.78 is 10.3. The lowest BCUT2D eigenvalue weighted by Crippen LogP contribution is -2.43. The van der Waals surface area contributed by atoms with E-state index < -0.39 is 28.9 Å². The van der Waals surface area contributed by atoms with Gasteiger partial charge < -0.3 is 14.8 Å². The van der Waals surface area contributed by atoms with Crippen LogP contribution >= 0.6 is 24.0 Å². The first-order valence-corrected chi connectivity index (χ1v) is 12.0. The molecule has 1 aliphatic heterocycles. The summed E-state index contributed by atoms with van der Waals surface area (Å²) in [5, 5.41) is 13.5. The molecule has 1 aromatic carbocycles. The number of thiophene rings is 1. The average Bonchev–Trinajstić information content (AvgIpc) is 3.48. The summed E-state index contributed by atoms with van der Waals surface area (Å²) in [7, 11) is 0. The Bertz CT molecular complexity index is 1160. The summed E-state index contributed by atoms with van der Waals surface area (Å²) >= 11 is 4.82. The van der Waals surface area contributed by atoms with E-state index in [1.807, 2.05) is 0 Å². The number of nitrogens with one attached hydrogen (secondary N) is 1. The van der Waals surface area contributed by atoms with Gasteiger partial charge in [-0.05, 0) is 42.2 Å². The van der Waals surface area contributed by atoms with Gasteiger partial charge in [0, 0.05) is 25.1 Å². The van der Waals surface area contributed by atoms with Crippen LogP contribution in [0.4, 0.5) is 15.5 Å². The van der Waals surface area contributed by atoms with E-state index in [-0.39, 0.29) is 54.2 Å². The zero-order valence-electron chi connectivity index (χ0n) is 19.0. The highest BCUT2D eigenvalue weighted by Crippen LogP contribution is 2.30. The highest BCUT2D eigenvalue weighted by Gasteiger charge is 2.41. The molecule has 0 radical (unpaired) electrons. The number of nitro benzene ring substituents is 1. The van der Waals surface area contributed by atoms with Crippen molar-refractivity contribution < 1.29 is 33.6 Å². The SMILES string of the molecule is C=CCOC(=O)c1ccc(NC(=O)[C@@H]2C[C@@H](CC(=O)S)CN2C(=O)OCc2ccc([N+](=O)[O-])cc2)s1. The van der Waals surface area contributed by atoms with Crippen molar-refractivity contribution in [3.63, 3.8) is 0 Å². The molecule has 3 rings (SSSR count). The third-order valence-electron chi connectivity index (χ3n) is 5.28. The molecule has 0 bridgehead atoms. The fourth-order valence-corrected chi connectivity index (χ4v) is 4.70. The standard InChI is InChI=1S/C23H23N3O8S2/c1-2-9-33-22(29)18-7-8-19(36-18)24-21(28)17-10-15(11-20(27)35)12-25(17)23(30)34-13-14-3-5-16(6-4-14)26(31)32/h2-8,15,17H,1,9-13H2,(H,24,28)(H,27,35)/t15-,17-/m0/s1. The number of thiol groups is 1. The minimum absolute atomic E-state index is 0.0582. The van der Waals surface area contributed by atoms with Gasteiger partial charge >= 0.3 is 12.1 Å². The van der Waals surface area contributed by atoms with Crippen molar-refractivity contribution in [2.75, 3.05) is 18.5 Å². The van der Waals surface area contributed by atoms with Gasteiger partial charge in [-0.15, -0.1) is 24.0 Å². The Labute approximate surface area is 215 Å². The summed E-state index contributed by atoms with van der Waals surface area (Å²) in [6, 6.07) is 7.68. The quantitative estimate of drug-likeness (QED) is 0.154. The number of esters is 1. The van der Waals surface area contributed by atoms with Crippen molar-refractivity contribution in [2.45, 2.75) is 25.5 Å². The second-order valence-electron chi connectivity index (χ2n) is 7.89. The van der Waals surface area contributed by atoms with Gasteiger partial charge in [0.15, 0.2) is 5.12 Å². The lowest BCUT2D eigenvalue weighted by molar-refractivity contribution is -0.384. The number of carbonyl (C=O) groups excluding carboxylic acids is 4. The Morgan fingerprint density at radius 3 is 2.56 bits per heavy atom. The first-order chi connectivity index (χ1) is 17.2. The molecule has 1 N–H and O–H groups in total. The predicted octanol–water partition coefficient (Wildman–Crippen LogP) is 3.81. The molecule has 11 nitrogen and oxygen atoms in total. The topological polar surface area (TPSA) is 145 Å². The maximum Gasteiger partial charge on any atom is 0.410 e. The Kier molecular flexibility index (Phi) is 9.19. The van der Waals surface area contributed by atoms with E-state index in [2.05, 4.69) is 24.5 Å². The zero-order valence-corrected chi connectivity index (χ0v) is 20.7. The van der Waals surface area contributed by atoms with Crippen molar-refractivity contribution in [3.05, 3.63) is 69.6 Å².